The van der Waals surface area contributed by atoms with E-state index in [9.17, 15) is 18.8 Å². The fourth-order valence-electron chi connectivity index (χ4n) is 2.47. The monoisotopic (exact) mass is 336 g/mol. The van der Waals surface area contributed by atoms with Crippen molar-refractivity contribution >= 4 is 17.8 Å². The molecule has 1 N–H and O–H groups in total. The molecule has 0 bridgehead atoms. The van der Waals surface area contributed by atoms with Crippen molar-refractivity contribution in [2.45, 2.75) is 32.2 Å². The van der Waals surface area contributed by atoms with Crippen LogP contribution in [0, 0.1) is 5.82 Å². The lowest BCUT2D eigenvalue weighted by Crippen LogP contribution is -2.57. The highest BCUT2D eigenvalue weighted by molar-refractivity contribution is 5.99. The molecule has 0 aliphatic carbocycles. The summed E-state index contributed by atoms with van der Waals surface area (Å²) in [5.41, 5.74) is 0.274. The lowest BCUT2D eigenvalue weighted by Gasteiger charge is -2.34. The Bertz CT molecular complexity index is 603. The van der Waals surface area contributed by atoms with Gasteiger partial charge in [-0.05, 0) is 30.7 Å². The maximum Gasteiger partial charge on any atom is 0.308 e. The molecular formula is C17H21FN2O4. The van der Waals surface area contributed by atoms with Crippen LogP contribution in [0.5, 0.6) is 0 Å². The Kier molecular flexibility index (Phi) is 6.28. The normalized spacial score (nSPS) is 17.3. The highest BCUT2D eigenvalue weighted by Gasteiger charge is 2.35. The van der Waals surface area contributed by atoms with Gasteiger partial charge in [-0.1, -0.05) is 13.3 Å². The number of unbranched alkanes of at least 4 members (excludes halogenated alkanes) is 1. The molecule has 1 fully saturated rings. The van der Waals surface area contributed by atoms with Crippen LogP contribution in [-0.2, 0) is 14.3 Å². The molecule has 0 spiro atoms. The highest BCUT2D eigenvalue weighted by atomic mass is 19.1. The molecule has 2 amide bonds. The van der Waals surface area contributed by atoms with Gasteiger partial charge in [-0.3, -0.25) is 14.4 Å². The van der Waals surface area contributed by atoms with Crippen molar-refractivity contribution in [2.24, 2.45) is 0 Å². The number of piperazine rings is 1. The number of nitrogens with zero attached hydrogens (tertiary/aromatic N) is 1. The van der Waals surface area contributed by atoms with E-state index in [0.29, 0.717) is 13.2 Å². The van der Waals surface area contributed by atoms with Crippen LogP contribution in [-0.4, -0.2) is 48.4 Å². The number of rotatable bonds is 6. The van der Waals surface area contributed by atoms with Gasteiger partial charge in [0, 0.05) is 18.7 Å². The average Bonchev–Trinajstić information content (AvgIpc) is 2.57. The maximum absolute atomic E-state index is 13.0. The summed E-state index contributed by atoms with van der Waals surface area (Å²) in [5, 5.41) is 2.65. The number of hydrogen-bond donors (Lipinski definition) is 1. The summed E-state index contributed by atoms with van der Waals surface area (Å²) in [7, 11) is 0. The second kappa shape index (κ2) is 8.42. The summed E-state index contributed by atoms with van der Waals surface area (Å²) in [6, 6.07) is 4.18. The van der Waals surface area contributed by atoms with Crippen LogP contribution in [0.2, 0.25) is 0 Å². The first-order valence-corrected chi connectivity index (χ1v) is 8.02. The molecule has 130 valence electrons. The van der Waals surface area contributed by atoms with Gasteiger partial charge in [0.1, 0.15) is 11.9 Å². The third-order valence-electron chi connectivity index (χ3n) is 3.80. The molecular weight excluding hydrogens is 315 g/mol. The Morgan fingerprint density at radius 1 is 1.33 bits per heavy atom. The summed E-state index contributed by atoms with van der Waals surface area (Å²) in [4.78, 5) is 37.9. The number of ether oxygens (including phenoxy) is 1. The van der Waals surface area contributed by atoms with Gasteiger partial charge in [0.15, 0.2) is 0 Å². The van der Waals surface area contributed by atoms with E-state index in [2.05, 4.69) is 5.32 Å². The summed E-state index contributed by atoms with van der Waals surface area (Å²) < 4.78 is 18.1. The second-order valence-corrected chi connectivity index (χ2v) is 5.59. The minimum atomic E-state index is -0.912. The molecule has 1 heterocycles. The van der Waals surface area contributed by atoms with Gasteiger partial charge in [-0.25, -0.2) is 4.39 Å². The molecule has 1 aromatic carbocycles. The molecule has 1 aliphatic heterocycles. The molecule has 0 unspecified atom stereocenters. The minimum absolute atomic E-state index is 0.192. The molecule has 1 aromatic rings. The van der Waals surface area contributed by atoms with Crippen molar-refractivity contribution in [1.29, 1.82) is 0 Å². The van der Waals surface area contributed by atoms with Crippen molar-refractivity contribution in [2.75, 3.05) is 19.7 Å². The quantitative estimate of drug-likeness (QED) is 0.631. The van der Waals surface area contributed by atoms with Crippen molar-refractivity contribution < 1.29 is 23.5 Å². The molecule has 24 heavy (non-hydrogen) atoms. The molecule has 7 heteroatoms. The van der Waals surface area contributed by atoms with Gasteiger partial charge in [-0.15, -0.1) is 0 Å². The van der Waals surface area contributed by atoms with Crippen LogP contribution in [0.3, 0.4) is 0 Å². The molecule has 0 saturated carbocycles. The van der Waals surface area contributed by atoms with Crippen LogP contribution in [0.15, 0.2) is 24.3 Å². The summed E-state index contributed by atoms with van der Waals surface area (Å²) in [6.07, 6.45) is 1.45. The number of nitrogens with one attached hydrogen (secondary N) is 1. The summed E-state index contributed by atoms with van der Waals surface area (Å²) in [6.45, 7) is 2.88. The minimum Gasteiger partial charge on any atom is -0.466 e. The number of halogens is 1. The van der Waals surface area contributed by atoms with Crippen LogP contribution in [0.1, 0.15) is 36.5 Å². The maximum atomic E-state index is 13.0. The van der Waals surface area contributed by atoms with Gasteiger partial charge in [-0.2, -0.15) is 0 Å². The van der Waals surface area contributed by atoms with E-state index in [0.717, 1.165) is 12.8 Å². The first-order chi connectivity index (χ1) is 11.5. The Morgan fingerprint density at radius 2 is 2.04 bits per heavy atom. The number of benzene rings is 1. The van der Waals surface area contributed by atoms with E-state index >= 15 is 0 Å². The van der Waals surface area contributed by atoms with E-state index in [-0.39, 0.29) is 24.4 Å². The second-order valence-electron chi connectivity index (χ2n) is 5.59. The van der Waals surface area contributed by atoms with Gasteiger partial charge in [0.05, 0.1) is 13.0 Å². The van der Waals surface area contributed by atoms with Crippen LogP contribution in [0.25, 0.3) is 0 Å². The van der Waals surface area contributed by atoms with Gasteiger partial charge < -0.3 is 15.0 Å². The predicted octanol–water partition coefficient (Wildman–Crippen LogP) is 1.50. The number of carbonyl (C=O) groups is 3. The Labute approximate surface area is 140 Å². The van der Waals surface area contributed by atoms with Gasteiger partial charge in [0.25, 0.3) is 5.91 Å². The summed E-state index contributed by atoms with van der Waals surface area (Å²) in [5.74, 6) is -1.75. The molecule has 1 aliphatic rings. The topological polar surface area (TPSA) is 75.7 Å². The molecule has 0 radical (unpaired) electrons. The number of hydrogen-bond acceptors (Lipinski definition) is 4. The molecule has 6 nitrogen and oxygen atoms in total. The van der Waals surface area contributed by atoms with Crippen molar-refractivity contribution in [1.82, 2.24) is 10.2 Å². The highest BCUT2D eigenvalue weighted by Crippen LogP contribution is 2.15. The third kappa shape index (κ3) is 4.53. The van der Waals surface area contributed by atoms with Crippen molar-refractivity contribution in [3.8, 4) is 0 Å². The van der Waals surface area contributed by atoms with Crippen LogP contribution < -0.4 is 5.32 Å². The first kappa shape index (κ1) is 17.9. The fourth-order valence-corrected chi connectivity index (χ4v) is 2.47. The number of esters is 1. The van der Waals surface area contributed by atoms with Crippen molar-refractivity contribution in [3.63, 3.8) is 0 Å². The van der Waals surface area contributed by atoms with E-state index < -0.39 is 23.7 Å². The van der Waals surface area contributed by atoms with E-state index in [1.807, 2.05) is 6.92 Å². The number of amides is 2. The first-order valence-electron chi connectivity index (χ1n) is 8.02. The van der Waals surface area contributed by atoms with E-state index in [1.54, 1.807) is 0 Å². The van der Waals surface area contributed by atoms with Crippen molar-refractivity contribution in [3.05, 3.63) is 35.6 Å². The SMILES string of the molecule is CCCCOC(=O)C[C@@H]1C(=O)NCCN1C(=O)c1ccc(F)cc1. The zero-order chi connectivity index (χ0) is 17.5. The van der Waals surface area contributed by atoms with Crippen LogP contribution >= 0.6 is 0 Å². The van der Waals surface area contributed by atoms with E-state index in [4.69, 9.17) is 4.74 Å². The van der Waals surface area contributed by atoms with Gasteiger partial charge >= 0.3 is 5.97 Å². The zero-order valence-electron chi connectivity index (χ0n) is 13.6. The third-order valence-corrected chi connectivity index (χ3v) is 3.80. The Morgan fingerprint density at radius 3 is 2.71 bits per heavy atom. The lowest BCUT2D eigenvalue weighted by atomic mass is 10.1. The van der Waals surface area contributed by atoms with E-state index in [1.165, 1.54) is 29.2 Å². The Balaban J connectivity index is 2.07. The molecule has 2 rings (SSSR count). The molecule has 1 saturated heterocycles. The van der Waals surface area contributed by atoms with Gasteiger partial charge in [0.2, 0.25) is 5.91 Å². The number of carbonyl (C=O) groups excluding carboxylic acids is 3. The average molecular weight is 336 g/mol. The molecule has 1 atom stereocenters. The fraction of sp³-hybridized carbons (Fsp3) is 0.471. The summed E-state index contributed by atoms with van der Waals surface area (Å²) >= 11 is 0. The Hall–Kier alpha value is -2.44. The molecule has 0 aromatic heterocycles. The smallest absolute Gasteiger partial charge is 0.308 e. The zero-order valence-corrected chi connectivity index (χ0v) is 13.6. The lowest BCUT2D eigenvalue weighted by molar-refractivity contribution is -0.147. The largest absolute Gasteiger partial charge is 0.466 e. The van der Waals surface area contributed by atoms with Crippen LogP contribution in [0.4, 0.5) is 4.39 Å². The standard InChI is InChI=1S/C17H21FN2O4/c1-2-3-10-24-15(21)11-14-16(22)19-8-9-20(14)17(23)12-4-6-13(18)7-5-12/h4-7,14H,2-3,8-11H2,1H3,(H,19,22)/t14-/m1/s1. The predicted molar refractivity (Wildman–Crippen MR) is 84.7 cm³/mol.